The number of carbonyl (C=O) groups is 3. The van der Waals surface area contributed by atoms with Gasteiger partial charge < -0.3 is 15.0 Å². The second-order valence-corrected chi connectivity index (χ2v) is 15.5. The average molecular weight is 798 g/mol. The molecule has 1 atom stereocenters. The maximum absolute atomic E-state index is 13.6. The van der Waals surface area contributed by atoms with Gasteiger partial charge in [-0.2, -0.15) is 23.5 Å². The Hall–Kier alpha value is -6.02. The van der Waals surface area contributed by atoms with E-state index in [-0.39, 0.29) is 47.6 Å². The molecule has 2 aliphatic heterocycles. The Bertz CT molecular complexity index is 2540. The van der Waals surface area contributed by atoms with Crippen molar-refractivity contribution < 1.29 is 32.3 Å². The van der Waals surface area contributed by atoms with E-state index in [0.717, 1.165) is 81.4 Å². The molecule has 0 radical (unpaired) electrons. The van der Waals surface area contributed by atoms with Crippen LogP contribution >= 0.6 is 0 Å². The fourth-order valence-corrected chi connectivity index (χ4v) is 9.03. The average Bonchev–Trinajstić information content (AvgIpc) is 3.74. The molecule has 8 rings (SSSR count). The van der Waals surface area contributed by atoms with Crippen molar-refractivity contribution in [1.29, 1.82) is 5.26 Å². The maximum Gasteiger partial charge on any atom is 0.433 e. The van der Waals surface area contributed by atoms with Crippen molar-refractivity contribution in [1.82, 2.24) is 34.1 Å². The predicted molar refractivity (Wildman–Crippen MR) is 206 cm³/mol. The van der Waals surface area contributed by atoms with Crippen LogP contribution in [0.4, 0.5) is 18.9 Å². The molecule has 58 heavy (non-hydrogen) atoms. The fraction of sp³-hybridized carbons (Fsp3) is 0.439. The SMILES string of the molecule is COc1ccc2c(c1C1CCN(C[C@H]3CC[C@H](n4cc5cc(NC(=O)c6cccc(C(F)(F)F)n6)c(C#N)cc5n4)CC3)CC1)n(C)c(=O)n2C1CCC(=O)NC1=O. The van der Waals surface area contributed by atoms with Crippen molar-refractivity contribution in [3.8, 4) is 11.8 Å². The molecule has 1 unspecified atom stereocenters. The van der Waals surface area contributed by atoms with Crippen molar-refractivity contribution in [2.75, 3.05) is 32.1 Å². The number of benzene rings is 2. The third kappa shape index (κ3) is 7.32. The van der Waals surface area contributed by atoms with Crippen LogP contribution in [0.25, 0.3) is 21.9 Å². The minimum atomic E-state index is -4.70. The number of amides is 3. The van der Waals surface area contributed by atoms with Gasteiger partial charge in [-0.1, -0.05) is 6.07 Å². The van der Waals surface area contributed by atoms with Crippen LogP contribution in [-0.2, 0) is 22.8 Å². The van der Waals surface area contributed by atoms with Gasteiger partial charge in [-0.05, 0) is 106 Å². The summed E-state index contributed by atoms with van der Waals surface area (Å²) in [6, 6.07) is 11.4. The van der Waals surface area contributed by atoms with Gasteiger partial charge in [-0.15, -0.1) is 0 Å². The third-order valence-electron chi connectivity index (χ3n) is 12.0. The highest BCUT2D eigenvalue weighted by atomic mass is 19.4. The Kier molecular flexibility index (Phi) is 10.3. The van der Waals surface area contributed by atoms with E-state index in [1.807, 2.05) is 29.1 Å². The third-order valence-corrected chi connectivity index (χ3v) is 12.0. The normalized spacial score (nSPS) is 20.9. The first-order valence-electron chi connectivity index (χ1n) is 19.5. The molecule has 1 aliphatic carbocycles. The van der Waals surface area contributed by atoms with Crippen LogP contribution in [0, 0.1) is 17.2 Å². The Morgan fingerprint density at radius 2 is 1.79 bits per heavy atom. The summed E-state index contributed by atoms with van der Waals surface area (Å²) in [7, 11) is 3.35. The Morgan fingerprint density at radius 1 is 1.03 bits per heavy atom. The highest BCUT2D eigenvalue weighted by molar-refractivity contribution is 6.05. The monoisotopic (exact) mass is 797 g/mol. The minimum Gasteiger partial charge on any atom is -0.496 e. The summed E-state index contributed by atoms with van der Waals surface area (Å²) in [5.74, 6) is -0.284. The molecule has 1 saturated carbocycles. The molecule has 302 valence electrons. The fourth-order valence-electron chi connectivity index (χ4n) is 9.03. The first-order valence-corrected chi connectivity index (χ1v) is 19.5. The highest BCUT2D eigenvalue weighted by Crippen LogP contribution is 2.41. The Labute approximate surface area is 330 Å². The van der Waals surface area contributed by atoms with Gasteiger partial charge in [0, 0.05) is 37.2 Å². The van der Waals surface area contributed by atoms with Crippen molar-refractivity contribution in [2.24, 2.45) is 13.0 Å². The number of hydrogen-bond donors (Lipinski definition) is 2. The molecule has 17 heteroatoms. The second kappa shape index (κ2) is 15.4. The van der Waals surface area contributed by atoms with Gasteiger partial charge in [0.1, 0.15) is 29.2 Å². The number of alkyl halides is 3. The number of ether oxygens (including phenoxy) is 1. The number of pyridine rings is 1. The number of nitrogens with zero attached hydrogens (tertiary/aromatic N) is 7. The van der Waals surface area contributed by atoms with Gasteiger partial charge in [-0.25, -0.2) is 9.78 Å². The lowest BCUT2D eigenvalue weighted by molar-refractivity contribution is -0.141. The molecule has 3 fully saturated rings. The van der Waals surface area contributed by atoms with Crippen LogP contribution in [-0.4, -0.2) is 73.3 Å². The first-order chi connectivity index (χ1) is 27.8. The zero-order valence-electron chi connectivity index (χ0n) is 32.0. The summed E-state index contributed by atoms with van der Waals surface area (Å²) in [4.78, 5) is 57.0. The van der Waals surface area contributed by atoms with Crippen LogP contribution in [0.2, 0.25) is 0 Å². The lowest BCUT2D eigenvalue weighted by Crippen LogP contribution is -2.44. The number of anilines is 1. The first kappa shape index (κ1) is 38.8. The number of aromatic nitrogens is 5. The number of fused-ring (bicyclic) bond motifs is 2. The number of rotatable bonds is 8. The molecule has 0 spiro atoms. The lowest BCUT2D eigenvalue weighted by atomic mass is 9.84. The quantitative estimate of drug-likeness (QED) is 0.184. The summed E-state index contributed by atoms with van der Waals surface area (Å²) in [6.45, 7) is 2.75. The Balaban J connectivity index is 0.899. The van der Waals surface area contributed by atoms with E-state index in [1.165, 1.54) is 10.6 Å². The summed E-state index contributed by atoms with van der Waals surface area (Å²) in [5, 5.41) is 20.2. The van der Waals surface area contributed by atoms with Crippen molar-refractivity contribution in [3.63, 3.8) is 0 Å². The van der Waals surface area contributed by atoms with E-state index in [4.69, 9.17) is 9.84 Å². The van der Waals surface area contributed by atoms with E-state index < -0.39 is 35.4 Å². The number of imide groups is 1. The van der Waals surface area contributed by atoms with Gasteiger partial charge in [0.05, 0.1) is 41.0 Å². The zero-order valence-corrected chi connectivity index (χ0v) is 32.0. The molecule has 3 amide bonds. The van der Waals surface area contributed by atoms with Gasteiger partial charge in [0.2, 0.25) is 11.8 Å². The number of nitrogens with one attached hydrogen (secondary N) is 2. The molecule has 3 aliphatic rings. The number of imidazole rings is 1. The molecule has 2 saturated heterocycles. The van der Waals surface area contributed by atoms with Crippen LogP contribution < -0.4 is 21.1 Å². The number of hydrogen-bond acceptors (Lipinski definition) is 9. The number of piperidine rings is 2. The van der Waals surface area contributed by atoms with E-state index in [1.54, 1.807) is 30.9 Å². The summed E-state index contributed by atoms with van der Waals surface area (Å²) >= 11 is 0. The summed E-state index contributed by atoms with van der Waals surface area (Å²) in [6.07, 6.45) is 3.25. The van der Waals surface area contributed by atoms with E-state index in [9.17, 15) is 37.6 Å². The number of aryl methyl sites for hydroxylation is 1. The molecule has 2 aromatic carbocycles. The number of halogens is 3. The minimum absolute atomic E-state index is 0.135. The molecule has 14 nitrogen and oxygen atoms in total. The second-order valence-electron chi connectivity index (χ2n) is 15.5. The largest absolute Gasteiger partial charge is 0.496 e. The van der Waals surface area contributed by atoms with Gasteiger partial charge >= 0.3 is 11.9 Å². The molecule has 5 heterocycles. The highest BCUT2D eigenvalue weighted by Gasteiger charge is 2.35. The predicted octanol–water partition coefficient (Wildman–Crippen LogP) is 5.82. The Morgan fingerprint density at radius 3 is 2.48 bits per heavy atom. The van der Waals surface area contributed by atoms with E-state index in [2.05, 4.69) is 20.5 Å². The van der Waals surface area contributed by atoms with E-state index >= 15 is 0 Å². The summed E-state index contributed by atoms with van der Waals surface area (Å²) < 4.78 is 50.4. The van der Waals surface area contributed by atoms with Gasteiger partial charge in [-0.3, -0.25) is 33.5 Å². The van der Waals surface area contributed by atoms with Crippen molar-refractivity contribution in [3.05, 3.63) is 81.7 Å². The summed E-state index contributed by atoms with van der Waals surface area (Å²) in [5.41, 5.74) is 1.37. The molecule has 5 aromatic rings. The van der Waals surface area contributed by atoms with E-state index in [0.29, 0.717) is 28.1 Å². The standard InChI is InChI=1S/C41H42F3N9O5/c1-50-37-31(53(40(50)57)32-11-13-35(54)48-39(32)56)10-12-33(58-2)36(37)24-14-16-51(17-15-24)21-23-6-8-27(9-7-23)52-22-26-19-29(25(20-45)18-30(26)49-52)47-38(55)28-4-3-5-34(46-28)41(42,43)44/h3-5,10,12,18-19,22-24,27,32H,6-9,11,13-17,21H2,1-2H3,(H,47,55)(H,48,54,56)/t23-,27-,32?. The van der Waals surface area contributed by atoms with Crippen LogP contribution in [0.1, 0.15) is 96.7 Å². The van der Waals surface area contributed by atoms with Crippen LogP contribution in [0.5, 0.6) is 5.75 Å². The van der Waals surface area contributed by atoms with Gasteiger partial charge in [0.25, 0.3) is 5.91 Å². The van der Waals surface area contributed by atoms with Crippen molar-refractivity contribution >= 4 is 45.3 Å². The lowest BCUT2D eigenvalue weighted by Gasteiger charge is -2.37. The molecular weight excluding hydrogens is 756 g/mol. The smallest absolute Gasteiger partial charge is 0.433 e. The number of carbonyl (C=O) groups excluding carboxylic acids is 3. The molecule has 2 N–H and O–H groups in total. The molecule has 0 bridgehead atoms. The molecule has 3 aromatic heterocycles. The number of methoxy groups -OCH3 is 1. The topological polar surface area (TPSA) is 169 Å². The molecular formula is C41H42F3N9O5. The number of likely N-dealkylation sites (tertiary alicyclic amines) is 1. The van der Waals surface area contributed by atoms with Gasteiger partial charge in [0.15, 0.2) is 0 Å². The number of nitriles is 1. The van der Waals surface area contributed by atoms with Crippen LogP contribution in [0.3, 0.4) is 0 Å². The zero-order chi connectivity index (χ0) is 40.9. The maximum atomic E-state index is 13.6. The van der Waals surface area contributed by atoms with Crippen LogP contribution in [0.15, 0.2) is 53.5 Å². The van der Waals surface area contributed by atoms with Crippen molar-refractivity contribution in [2.45, 2.75) is 75.5 Å².